The van der Waals surface area contributed by atoms with Crippen molar-refractivity contribution in [2.75, 3.05) is 20.2 Å². The third kappa shape index (κ3) is 2.38. The molecule has 0 atom stereocenters. The van der Waals surface area contributed by atoms with E-state index in [-0.39, 0.29) is 6.61 Å². The molecule has 1 N–H and O–H groups in total. The number of aliphatic hydroxyl groups is 1. The van der Waals surface area contributed by atoms with E-state index >= 15 is 0 Å². The number of nitrogens with zero attached hydrogens (tertiary/aromatic N) is 2. The van der Waals surface area contributed by atoms with Crippen molar-refractivity contribution in [3.8, 4) is 0 Å². The predicted octanol–water partition coefficient (Wildman–Crippen LogP) is 1.66. The summed E-state index contributed by atoms with van der Waals surface area (Å²) < 4.78 is 0. The SMILES string of the molecule is CN(CCO)Cc1ccnc2ccccc12. The van der Waals surface area contributed by atoms with Gasteiger partial charge < -0.3 is 5.11 Å². The Morgan fingerprint density at radius 3 is 2.88 bits per heavy atom. The van der Waals surface area contributed by atoms with E-state index < -0.39 is 0 Å². The Balaban J connectivity index is 2.30. The first-order valence-electron chi connectivity index (χ1n) is 5.43. The first-order chi connectivity index (χ1) is 7.81. The monoisotopic (exact) mass is 216 g/mol. The zero-order valence-electron chi connectivity index (χ0n) is 9.43. The predicted molar refractivity (Wildman–Crippen MR) is 65.2 cm³/mol. The summed E-state index contributed by atoms with van der Waals surface area (Å²) in [7, 11) is 2.01. The molecule has 16 heavy (non-hydrogen) atoms. The minimum atomic E-state index is 0.194. The van der Waals surface area contributed by atoms with Crippen LogP contribution in [0.3, 0.4) is 0 Å². The Bertz CT molecular complexity index is 465. The van der Waals surface area contributed by atoms with E-state index in [2.05, 4.69) is 16.0 Å². The molecule has 0 spiro atoms. The van der Waals surface area contributed by atoms with Crippen LogP contribution in [0.2, 0.25) is 0 Å². The first-order valence-corrected chi connectivity index (χ1v) is 5.43. The number of hydrogen-bond donors (Lipinski definition) is 1. The molecule has 0 saturated heterocycles. The summed E-state index contributed by atoms with van der Waals surface area (Å²) in [5.41, 5.74) is 2.28. The van der Waals surface area contributed by atoms with Gasteiger partial charge in [0, 0.05) is 24.7 Å². The molecule has 0 unspecified atom stereocenters. The first kappa shape index (κ1) is 11.0. The molecule has 0 bridgehead atoms. The Kier molecular flexibility index (Phi) is 3.49. The highest BCUT2D eigenvalue weighted by Crippen LogP contribution is 2.17. The van der Waals surface area contributed by atoms with Gasteiger partial charge in [0.15, 0.2) is 0 Å². The molecule has 1 aromatic heterocycles. The molecule has 3 nitrogen and oxygen atoms in total. The minimum absolute atomic E-state index is 0.194. The molecule has 84 valence electrons. The molecule has 2 aromatic rings. The van der Waals surface area contributed by atoms with Crippen molar-refractivity contribution >= 4 is 10.9 Å². The molecule has 1 aromatic carbocycles. The van der Waals surface area contributed by atoms with Crippen LogP contribution in [-0.4, -0.2) is 35.2 Å². The normalized spacial score (nSPS) is 11.2. The molecule has 3 heteroatoms. The fourth-order valence-electron chi connectivity index (χ4n) is 1.83. The molecule has 1 heterocycles. The molecule has 0 saturated carbocycles. The van der Waals surface area contributed by atoms with Gasteiger partial charge in [0.05, 0.1) is 12.1 Å². The number of hydrogen-bond acceptors (Lipinski definition) is 3. The van der Waals surface area contributed by atoms with Gasteiger partial charge in [-0.05, 0) is 24.7 Å². The summed E-state index contributed by atoms with van der Waals surface area (Å²) in [6.45, 7) is 1.72. The average molecular weight is 216 g/mol. The average Bonchev–Trinajstić information content (AvgIpc) is 2.30. The maximum atomic E-state index is 8.87. The number of para-hydroxylation sites is 1. The van der Waals surface area contributed by atoms with E-state index in [1.807, 2.05) is 37.5 Å². The van der Waals surface area contributed by atoms with Gasteiger partial charge in [0.2, 0.25) is 0 Å². The van der Waals surface area contributed by atoms with Crippen molar-refractivity contribution in [3.63, 3.8) is 0 Å². The van der Waals surface area contributed by atoms with Crippen molar-refractivity contribution in [2.45, 2.75) is 6.54 Å². The second-order valence-electron chi connectivity index (χ2n) is 3.95. The second kappa shape index (κ2) is 5.05. The van der Waals surface area contributed by atoms with Crippen LogP contribution >= 0.6 is 0 Å². The molecule has 0 aliphatic heterocycles. The molecule has 0 radical (unpaired) electrons. The second-order valence-corrected chi connectivity index (χ2v) is 3.95. The van der Waals surface area contributed by atoms with Crippen LogP contribution in [0.1, 0.15) is 5.56 Å². The number of fused-ring (bicyclic) bond motifs is 1. The van der Waals surface area contributed by atoms with Gasteiger partial charge in [-0.2, -0.15) is 0 Å². The number of likely N-dealkylation sites (N-methyl/N-ethyl adjacent to an activating group) is 1. The van der Waals surface area contributed by atoms with Gasteiger partial charge in [-0.3, -0.25) is 9.88 Å². The van der Waals surface area contributed by atoms with Crippen molar-refractivity contribution in [1.82, 2.24) is 9.88 Å². The smallest absolute Gasteiger partial charge is 0.0705 e. The summed E-state index contributed by atoms with van der Waals surface area (Å²) >= 11 is 0. The number of rotatable bonds is 4. The lowest BCUT2D eigenvalue weighted by atomic mass is 10.1. The third-order valence-electron chi connectivity index (χ3n) is 2.66. The topological polar surface area (TPSA) is 36.4 Å². The number of aliphatic hydroxyl groups excluding tert-OH is 1. The highest BCUT2D eigenvalue weighted by molar-refractivity contribution is 5.81. The van der Waals surface area contributed by atoms with Gasteiger partial charge in [-0.1, -0.05) is 18.2 Å². The van der Waals surface area contributed by atoms with Gasteiger partial charge in [-0.15, -0.1) is 0 Å². The highest BCUT2D eigenvalue weighted by Gasteiger charge is 2.04. The largest absolute Gasteiger partial charge is 0.395 e. The van der Waals surface area contributed by atoms with Gasteiger partial charge in [0.25, 0.3) is 0 Å². The molecular formula is C13H16N2O. The summed E-state index contributed by atoms with van der Waals surface area (Å²) in [6.07, 6.45) is 1.84. The Morgan fingerprint density at radius 2 is 2.06 bits per heavy atom. The minimum Gasteiger partial charge on any atom is -0.395 e. The van der Waals surface area contributed by atoms with Crippen molar-refractivity contribution in [3.05, 3.63) is 42.1 Å². The summed E-state index contributed by atoms with van der Waals surface area (Å²) in [4.78, 5) is 6.43. The van der Waals surface area contributed by atoms with Gasteiger partial charge in [-0.25, -0.2) is 0 Å². The van der Waals surface area contributed by atoms with Crippen LogP contribution < -0.4 is 0 Å². The van der Waals surface area contributed by atoms with Gasteiger partial charge >= 0.3 is 0 Å². The lowest BCUT2D eigenvalue weighted by molar-refractivity contribution is 0.217. The lowest BCUT2D eigenvalue weighted by Crippen LogP contribution is -2.21. The Labute approximate surface area is 95.3 Å². The van der Waals surface area contributed by atoms with Crippen LogP contribution in [0.5, 0.6) is 0 Å². The van der Waals surface area contributed by atoms with E-state index in [0.29, 0.717) is 6.54 Å². The van der Waals surface area contributed by atoms with E-state index in [9.17, 15) is 0 Å². The van der Waals surface area contributed by atoms with Crippen LogP contribution in [-0.2, 0) is 6.54 Å². The lowest BCUT2D eigenvalue weighted by Gasteiger charge is -2.16. The molecule has 0 aliphatic rings. The highest BCUT2D eigenvalue weighted by atomic mass is 16.3. The summed E-state index contributed by atoms with van der Waals surface area (Å²) in [6, 6.07) is 10.2. The molecule has 2 rings (SSSR count). The van der Waals surface area contributed by atoms with E-state index in [0.717, 1.165) is 12.1 Å². The molecule has 0 amide bonds. The zero-order chi connectivity index (χ0) is 11.4. The van der Waals surface area contributed by atoms with Crippen LogP contribution in [0.25, 0.3) is 10.9 Å². The number of aromatic nitrogens is 1. The molecular weight excluding hydrogens is 200 g/mol. The maximum absolute atomic E-state index is 8.87. The Hall–Kier alpha value is -1.45. The number of pyridine rings is 1. The van der Waals surface area contributed by atoms with Crippen molar-refractivity contribution in [1.29, 1.82) is 0 Å². The molecule has 0 fully saturated rings. The quantitative estimate of drug-likeness (QED) is 0.844. The summed E-state index contributed by atoms with van der Waals surface area (Å²) in [5.74, 6) is 0. The standard InChI is InChI=1S/C13H16N2O/c1-15(8-9-16)10-11-6-7-14-13-5-3-2-4-12(11)13/h2-7,16H,8-10H2,1H3. The fraction of sp³-hybridized carbons (Fsp3) is 0.308. The van der Waals surface area contributed by atoms with Crippen LogP contribution in [0, 0.1) is 0 Å². The number of benzene rings is 1. The molecule has 0 aliphatic carbocycles. The van der Waals surface area contributed by atoms with E-state index in [1.54, 1.807) is 0 Å². The van der Waals surface area contributed by atoms with E-state index in [4.69, 9.17) is 5.11 Å². The third-order valence-corrected chi connectivity index (χ3v) is 2.66. The fourth-order valence-corrected chi connectivity index (χ4v) is 1.83. The maximum Gasteiger partial charge on any atom is 0.0705 e. The Morgan fingerprint density at radius 1 is 1.25 bits per heavy atom. The van der Waals surface area contributed by atoms with Gasteiger partial charge in [0.1, 0.15) is 0 Å². The van der Waals surface area contributed by atoms with E-state index in [1.165, 1.54) is 10.9 Å². The van der Waals surface area contributed by atoms with Crippen molar-refractivity contribution in [2.24, 2.45) is 0 Å². The summed E-state index contributed by atoms with van der Waals surface area (Å²) in [5, 5.41) is 10.1. The van der Waals surface area contributed by atoms with Crippen LogP contribution in [0.4, 0.5) is 0 Å². The zero-order valence-corrected chi connectivity index (χ0v) is 9.43. The van der Waals surface area contributed by atoms with Crippen LogP contribution in [0.15, 0.2) is 36.5 Å². The van der Waals surface area contributed by atoms with Crippen molar-refractivity contribution < 1.29 is 5.11 Å².